The van der Waals surface area contributed by atoms with Gasteiger partial charge in [-0.2, -0.15) is 0 Å². The fourth-order valence-corrected chi connectivity index (χ4v) is 9.12. The summed E-state index contributed by atoms with van der Waals surface area (Å²) >= 11 is 0. The van der Waals surface area contributed by atoms with Crippen LogP contribution >= 0.6 is 0 Å². The van der Waals surface area contributed by atoms with Crippen LogP contribution in [0.25, 0.3) is 84.8 Å². The summed E-state index contributed by atoms with van der Waals surface area (Å²) in [5.41, 5.74) is 20.8. The Morgan fingerprint density at radius 3 is 2.19 bits per heavy atom. The average molecular weight is 695 g/mol. The third kappa shape index (κ3) is 5.16. The molecule has 0 spiro atoms. The number of aromatic nitrogens is 2. The van der Waals surface area contributed by atoms with Crippen LogP contribution in [0.2, 0.25) is 0 Å². The molecule has 0 saturated carbocycles. The van der Waals surface area contributed by atoms with Crippen LogP contribution < -0.4 is 0 Å². The lowest BCUT2D eigenvalue weighted by molar-refractivity contribution is 0.954. The van der Waals surface area contributed by atoms with E-state index in [1.165, 1.54) is 94.5 Å². The highest BCUT2D eigenvalue weighted by atomic mass is 15.0. The number of rotatable bonds is 6. The number of benzene rings is 5. The van der Waals surface area contributed by atoms with E-state index in [2.05, 4.69) is 193 Å². The van der Waals surface area contributed by atoms with Gasteiger partial charge in [0.1, 0.15) is 0 Å². The Morgan fingerprint density at radius 2 is 1.35 bits per heavy atom. The largest absolute Gasteiger partial charge is 0.313 e. The molecular formula is C52H42N2. The number of fused-ring (bicyclic) bond motifs is 7. The lowest BCUT2D eigenvalue weighted by Gasteiger charge is -2.15. The summed E-state index contributed by atoms with van der Waals surface area (Å²) in [7, 11) is 0. The van der Waals surface area contributed by atoms with Crippen LogP contribution in [0.15, 0.2) is 152 Å². The maximum absolute atomic E-state index is 2.49. The maximum atomic E-state index is 2.49. The van der Waals surface area contributed by atoms with Gasteiger partial charge < -0.3 is 9.13 Å². The van der Waals surface area contributed by atoms with E-state index in [4.69, 9.17) is 0 Å². The van der Waals surface area contributed by atoms with Crippen LogP contribution in [0.1, 0.15) is 60.3 Å². The van der Waals surface area contributed by atoms with Gasteiger partial charge in [0.15, 0.2) is 0 Å². The van der Waals surface area contributed by atoms with Crippen molar-refractivity contribution < 1.29 is 0 Å². The molecule has 260 valence electrons. The van der Waals surface area contributed by atoms with Crippen molar-refractivity contribution in [2.45, 2.75) is 39.5 Å². The first-order chi connectivity index (χ1) is 26.7. The smallest absolute Gasteiger partial charge is 0.0541 e. The Hall–Kier alpha value is -6.38. The molecule has 0 fully saturated rings. The van der Waals surface area contributed by atoms with E-state index in [0.29, 0.717) is 0 Å². The van der Waals surface area contributed by atoms with Crippen molar-refractivity contribution in [3.05, 3.63) is 185 Å². The van der Waals surface area contributed by atoms with Gasteiger partial charge in [0.25, 0.3) is 0 Å². The van der Waals surface area contributed by atoms with Crippen molar-refractivity contribution in [3.63, 3.8) is 0 Å². The molecule has 3 aliphatic rings. The normalized spacial score (nSPS) is 14.7. The zero-order valence-corrected chi connectivity index (χ0v) is 30.9. The van der Waals surface area contributed by atoms with E-state index in [0.717, 1.165) is 31.4 Å². The van der Waals surface area contributed by atoms with Gasteiger partial charge in [-0.25, -0.2) is 0 Å². The van der Waals surface area contributed by atoms with Gasteiger partial charge in [-0.1, -0.05) is 115 Å². The first-order valence-electron chi connectivity index (χ1n) is 19.3. The molecule has 5 aromatic carbocycles. The summed E-state index contributed by atoms with van der Waals surface area (Å²) in [6.07, 6.45) is 28.6. The van der Waals surface area contributed by atoms with Gasteiger partial charge in [-0.05, 0) is 144 Å². The second-order valence-corrected chi connectivity index (χ2v) is 14.6. The standard InChI is InChI=1S/C52H42N2/c1-3-14-44-48-34-38(42-21-13-22-43-41-19-12-11-16-37(41)33-46(42)43)27-31-52(48)54(49(44)15-4-2)40-28-24-35(25-29-40)36-26-30-51-47(32-36)45-20-9-6-10-23-50(45)53(51)39-17-7-5-8-18-39/h3-7,9-17,19,21-32,34H,8,18,20,33H2,1-2H3/b14-3-,15-4-. The summed E-state index contributed by atoms with van der Waals surface area (Å²) in [6, 6.07) is 38.9. The Labute approximate surface area is 317 Å². The number of hydrogen-bond acceptors (Lipinski definition) is 0. The lowest BCUT2D eigenvalue weighted by atomic mass is 9.94. The lowest BCUT2D eigenvalue weighted by Crippen LogP contribution is -2.01. The van der Waals surface area contributed by atoms with Gasteiger partial charge >= 0.3 is 0 Å². The highest BCUT2D eigenvalue weighted by molar-refractivity contribution is 5.99. The molecule has 0 atom stereocenters. The SMILES string of the molecule is C/C=C\c1c(/C=C\C)n(-c2ccc(-c3ccc4c(c3)c3c(n4C4=CC=CCC4)C=CC=CC3)cc2)c2ccc(-c3cccc4c3Cc3ccccc3-4)cc12. The Kier molecular flexibility index (Phi) is 7.91. The first-order valence-corrected chi connectivity index (χ1v) is 19.3. The van der Waals surface area contributed by atoms with Crippen LogP contribution in [-0.4, -0.2) is 9.13 Å². The Bertz CT molecular complexity index is 2820. The van der Waals surface area contributed by atoms with E-state index in [1.807, 2.05) is 0 Å². The second kappa shape index (κ2) is 13.2. The van der Waals surface area contributed by atoms with Crippen LogP contribution in [0.5, 0.6) is 0 Å². The molecule has 2 heteroatoms. The molecule has 10 rings (SSSR count). The van der Waals surface area contributed by atoms with Gasteiger partial charge in [-0.3, -0.25) is 0 Å². The molecule has 0 aliphatic heterocycles. The minimum atomic E-state index is 0.933. The van der Waals surface area contributed by atoms with Crippen molar-refractivity contribution >= 4 is 45.7 Å². The molecule has 7 aromatic rings. The highest BCUT2D eigenvalue weighted by Gasteiger charge is 2.23. The van der Waals surface area contributed by atoms with Crippen LogP contribution in [0, 0.1) is 0 Å². The van der Waals surface area contributed by atoms with Crippen LogP contribution in [-0.2, 0) is 12.8 Å². The number of nitrogens with zero attached hydrogens (tertiary/aromatic N) is 2. The molecule has 2 nitrogen and oxygen atoms in total. The maximum Gasteiger partial charge on any atom is 0.0541 e. The highest BCUT2D eigenvalue weighted by Crippen LogP contribution is 2.43. The van der Waals surface area contributed by atoms with Crippen LogP contribution in [0.3, 0.4) is 0 Å². The van der Waals surface area contributed by atoms with Crippen molar-refractivity contribution in [2.75, 3.05) is 0 Å². The van der Waals surface area contributed by atoms with Gasteiger partial charge in [0.2, 0.25) is 0 Å². The summed E-state index contributed by atoms with van der Waals surface area (Å²) < 4.78 is 4.92. The summed E-state index contributed by atoms with van der Waals surface area (Å²) in [4.78, 5) is 0. The molecule has 0 saturated heterocycles. The topological polar surface area (TPSA) is 9.86 Å². The molecule has 0 radical (unpaired) electrons. The second-order valence-electron chi connectivity index (χ2n) is 14.6. The first kappa shape index (κ1) is 32.3. The molecule has 0 bridgehead atoms. The predicted octanol–water partition coefficient (Wildman–Crippen LogP) is 13.9. The molecule has 2 heterocycles. The molecule has 3 aliphatic carbocycles. The fourth-order valence-electron chi connectivity index (χ4n) is 9.12. The zero-order valence-electron chi connectivity index (χ0n) is 30.9. The summed E-state index contributed by atoms with van der Waals surface area (Å²) in [6.45, 7) is 4.22. The molecule has 2 aromatic heterocycles. The fraction of sp³-hybridized carbons (Fsp3) is 0.115. The third-order valence-corrected chi connectivity index (χ3v) is 11.5. The zero-order chi connectivity index (χ0) is 36.2. The van der Waals surface area contributed by atoms with Crippen molar-refractivity contribution in [1.82, 2.24) is 9.13 Å². The number of allylic oxidation sites excluding steroid dienone is 9. The van der Waals surface area contributed by atoms with Gasteiger partial charge in [-0.15, -0.1) is 0 Å². The van der Waals surface area contributed by atoms with Crippen molar-refractivity contribution in [2.24, 2.45) is 0 Å². The molecular weight excluding hydrogens is 653 g/mol. The summed E-state index contributed by atoms with van der Waals surface area (Å²) in [5, 5.41) is 2.60. The minimum Gasteiger partial charge on any atom is -0.313 e. The predicted molar refractivity (Wildman–Crippen MR) is 232 cm³/mol. The van der Waals surface area contributed by atoms with E-state index >= 15 is 0 Å². The Balaban J connectivity index is 1.07. The van der Waals surface area contributed by atoms with E-state index in [-0.39, 0.29) is 0 Å². The van der Waals surface area contributed by atoms with Gasteiger partial charge in [0, 0.05) is 27.7 Å². The van der Waals surface area contributed by atoms with Crippen LogP contribution in [0.4, 0.5) is 0 Å². The molecule has 0 amide bonds. The van der Waals surface area contributed by atoms with Crippen molar-refractivity contribution in [3.8, 4) is 39.1 Å². The molecule has 0 unspecified atom stereocenters. The average Bonchev–Trinajstić information content (AvgIpc) is 3.77. The minimum absolute atomic E-state index is 0.933. The third-order valence-electron chi connectivity index (χ3n) is 11.5. The number of hydrogen-bond donors (Lipinski definition) is 0. The summed E-state index contributed by atoms with van der Waals surface area (Å²) in [5.74, 6) is 0. The molecule has 54 heavy (non-hydrogen) atoms. The van der Waals surface area contributed by atoms with E-state index < -0.39 is 0 Å². The Morgan fingerprint density at radius 1 is 0.593 bits per heavy atom. The monoisotopic (exact) mass is 694 g/mol. The van der Waals surface area contributed by atoms with Crippen molar-refractivity contribution in [1.29, 1.82) is 0 Å². The van der Waals surface area contributed by atoms with Gasteiger partial charge in [0.05, 0.1) is 22.4 Å². The quantitative estimate of drug-likeness (QED) is 0.164. The van der Waals surface area contributed by atoms with E-state index in [9.17, 15) is 0 Å². The molecule has 0 N–H and O–H groups in total. The van der Waals surface area contributed by atoms with E-state index in [1.54, 1.807) is 0 Å².